The normalized spacial score (nSPS) is 10.8. The Morgan fingerprint density at radius 3 is 2.69 bits per heavy atom. The lowest BCUT2D eigenvalue weighted by Gasteiger charge is -2.09. The van der Waals surface area contributed by atoms with E-state index in [1.807, 2.05) is 30.3 Å². The number of anilines is 1. The molecule has 1 amide bonds. The molecule has 0 saturated carbocycles. The highest BCUT2D eigenvalue weighted by Gasteiger charge is 2.14. The van der Waals surface area contributed by atoms with Crippen molar-refractivity contribution in [2.45, 2.75) is 20.3 Å². The van der Waals surface area contributed by atoms with Crippen LogP contribution in [-0.2, 0) is 4.79 Å². The Morgan fingerprint density at radius 1 is 1.31 bits per heavy atom. The van der Waals surface area contributed by atoms with Gasteiger partial charge < -0.3 is 10.4 Å². The molecule has 0 aliphatic rings. The molecular weight excluding hydrogens is 388 g/mol. The van der Waals surface area contributed by atoms with Gasteiger partial charge in [0, 0.05) is 6.42 Å². The van der Waals surface area contributed by atoms with Gasteiger partial charge >= 0.3 is 0 Å². The molecule has 1 heterocycles. The highest BCUT2D eigenvalue weighted by Crippen LogP contribution is 2.34. The summed E-state index contributed by atoms with van der Waals surface area (Å²) in [7, 11) is 0. The van der Waals surface area contributed by atoms with Crippen LogP contribution in [0, 0.1) is 18.3 Å². The number of aromatic nitrogens is 2. The molecule has 0 spiro atoms. The van der Waals surface area contributed by atoms with Gasteiger partial charge in [-0.3, -0.25) is 4.79 Å². The second-order valence-corrected chi connectivity index (χ2v) is 6.75. The van der Waals surface area contributed by atoms with Crippen LogP contribution in [0.3, 0.4) is 0 Å². The van der Waals surface area contributed by atoms with Gasteiger partial charge in [0.25, 0.3) is 0 Å². The van der Waals surface area contributed by atoms with Crippen molar-refractivity contribution >= 4 is 35.3 Å². The topological polar surface area (TPSA) is 90.9 Å². The number of phenolic OH excluding ortho intramolecular Hbond substituents is 1. The van der Waals surface area contributed by atoms with Gasteiger partial charge in [-0.2, -0.15) is 10.4 Å². The number of nitriles is 1. The molecule has 1 aromatic heterocycles. The van der Waals surface area contributed by atoms with E-state index in [0.29, 0.717) is 22.5 Å². The summed E-state index contributed by atoms with van der Waals surface area (Å²) in [6, 6.07) is 14.9. The number of aromatic hydroxyl groups is 1. The van der Waals surface area contributed by atoms with Gasteiger partial charge in [-0.15, -0.1) is 0 Å². The van der Waals surface area contributed by atoms with Crippen molar-refractivity contribution in [3.63, 3.8) is 0 Å². The summed E-state index contributed by atoms with van der Waals surface area (Å²) in [5, 5.41) is 26.9. The smallest absolute Gasteiger partial charge is 0.224 e. The van der Waals surface area contributed by atoms with E-state index in [-0.39, 0.29) is 28.8 Å². The number of para-hydroxylation sites is 1. The van der Waals surface area contributed by atoms with Crippen LogP contribution in [0.15, 0.2) is 42.5 Å². The number of amides is 1. The summed E-state index contributed by atoms with van der Waals surface area (Å²) in [6.07, 6.45) is 3.79. The van der Waals surface area contributed by atoms with Gasteiger partial charge in [0.1, 0.15) is 11.6 Å². The van der Waals surface area contributed by atoms with E-state index in [2.05, 4.69) is 16.5 Å². The third-order valence-corrected chi connectivity index (χ3v) is 4.61. The number of hydrogen-bond donors (Lipinski definition) is 2. The van der Waals surface area contributed by atoms with E-state index in [9.17, 15) is 15.2 Å². The number of hydrogen-bond acceptors (Lipinski definition) is 4. The second kappa shape index (κ2) is 8.63. The maximum atomic E-state index is 11.7. The first-order chi connectivity index (χ1) is 13.9. The lowest BCUT2D eigenvalue weighted by molar-refractivity contribution is -0.115. The van der Waals surface area contributed by atoms with Crippen LogP contribution in [0.1, 0.15) is 35.9 Å². The molecular formula is C22H19ClN4O2. The van der Waals surface area contributed by atoms with Crippen molar-refractivity contribution < 1.29 is 9.90 Å². The van der Waals surface area contributed by atoms with Crippen LogP contribution in [0.25, 0.3) is 17.8 Å². The molecule has 0 atom stereocenters. The van der Waals surface area contributed by atoms with Gasteiger partial charge in [0.15, 0.2) is 5.75 Å². The highest BCUT2D eigenvalue weighted by atomic mass is 35.5. The zero-order chi connectivity index (χ0) is 21.0. The minimum atomic E-state index is -0.234. The molecule has 0 fully saturated rings. The Kier molecular flexibility index (Phi) is 6.01. The Balaban J connectivity index is 2.05. The van der Waals surface area contributed by atoms with Gasteiger partial charge in [-0.25, -0.2) is 4.68 Å². The van der Waals surface area contributed by atoms with Crippen molar-refractivity contribution in [3.8, 4) is 17.5 Å². The lowest BCUT2D eigenvalue weighted by Crippen LogP contribution is -2.09. The zero-order valence-corrected chi connectivity index (χ0v) is 16.7. The van der Waals surface area contributed by atoms with Gasteiger partial charge in [-0.05, 0) is 42.8 Å². The first-order valence-electron chi connectivity index (χ1n) is 9.00. The van der Waals surface area contributed by atoms with E-state index in [1.54, 1.807) is 42.8 Å². The molecule has 0 aliphatic heterocycles. The van der Waals surface area contributed by atoms with Crippen LogP contribution in [0.5, 0.6) is 5.75 Å². The molecule has 146 valence electrons. The average Bonchev–Trinajstić information content (AvgIpc) is 3.05. The van der Waals surface area contributed by atoms with Gasteiger partial charge in [-0.1, -0.05) is 42.8 Å². The largest absolute Gasteiger partial charge is 0.504 e. The minimum absolute atomic E-state index is 0.117. The molecule has 29 heavy (non-hydrogen) atoms. The maximum absolute atomic E-state index is 11.7. The molecule has 0 saturated heterocycles. The van der Waals surface area contributed by atoms with Crippen LogP contribution in [0.4, 0.5) is 5.69 Å². The van der Waals surface area contributed by atoms with E-state index >= 15 is 0 Å². The number of nitrogens with zero attached hydrogens (tertiary/aromatic N) is 3. The quantitative estimate of drug-likeness (QED) is 0.587. The number of halogens is 1. The molecule has 2 aromatic carbocycles. The Labute approximate surface area is 173 Å². The molecule has 2 N–H and O–H groups in total. The molecule has 0 aliphatic carbocycles. The summed E-state index contributed by atoms with van der Waals surface area (Å²) in [5.41, 5.74) is 3.43. The summed E-state index contributed by atoms with van der Waals surface area (Å²) in [4.78, 5) is 11.7. The van der Waals surface area contributed by atoms with Gasteiger partial charge in [0.2, 0.25) is 5.91 Å². The zero-order valence-electron chi connectivity index (χ0n) is 16.0. The summed E-state index contributed by atoms with van der Waals surface area (Å²) in [5.74, 6) is -0.421. The molecule has 0 radical (unpaired) electrons. The molecule has 0 bridgehead atoms. The summed E-state index contributed by atoms with van der Waals surface area (Å²) < 4.78 is 1.70. The standard InChI is InChI=1S/C22H19ClN4O2/c1-3-21(28)25-19-12-15(11-18(23)22(19)29)9-10-20-17(13-24)14(2)26-27(20)16-7-5-4-6-8-16/h4-12,29H,3H2,1-2H3,(H,25,28)/b10-9+. The van der Waals surface area contributed by atoms with Crippen LogP contribution >= 0.6 is 11.6 Å². The fourth-order valence-corrected chi connectivity index (χ4v) is 3.06. The molecule has 3 rings (SSSR count). The fourth-order valence-electron chi connectivity index (χ4n) is 2.83. The van der Waals surface area contributed by atoms with Crippen LogP contribution in [0.2, 0.25) is 5.02 Å². The fraction of sp³-hybridized carbons (Fsp3) is 0.136. The van der Waals surface area contributed by atoms with E-state index in [4.69, 9.17) is 11.6 Å². The van der Waals surface area contributed by atoms with Crippen LogP contribution < -0.4 is 5.32 Å². The Hall–Kier alpha value is -3.56. The monoisotopic (exact) mass is 406 g/mol. The van der Waals surface area contributed by atoms with Crippen molar-refractivity contribution in [1.82, 2.24) is 9.78 Å². The Morgan fingerprint density at radius 2 is 2.03 bits per heavy atom. The van der Waals surface area contributed by atoms with E-state index in [0.717, 1.165) is 5.69 Å². The number of carbonyl (C=O) groups is 1. The highest BCUT2D eigenvalue weighted by molar-refractivity contribution is 6.32. The molecule has 3 aromatic rings. The van der Waals surface area contributed by atoms with Crippen molar-refractivity contribution in [2.24, 2.45) is 0 Å². The molecule has 6 nitrogen and oxygen atoms in total. The van der Waals surface area contributed by atoms with Crippen molar-refractivity contribution in [2.75, 3.05) is 5.32 Å². The number of nitrogens with one attached hydrogen (secondary N) is 1. The summed E-state index contributed by atoms with van der Waals surface area (Å²) in [6.45, 7) is 3.50. The van der Waals surface area contributed by atoms with E-state index < -0.39 is 0 Å². The number of aryl methyl sites for hydroxylation is 1. The average molecular weight is 407 g/mol. The van der Waals surface area contributed by atoms with E-state index in [1.165, 1.54) is 0 Å². The SMILES string of the molecule is CCC(=O)Nc1cc(/C=C/c2c(C#N)c(C)nn2-c2ccccc2)cc(Cl)c1O. The first-order valence-corrected chi connectivity index (χ1v) is 9.38. The number of rotatable bonds is 5. The Bertz CT molecular complexity index is 1130. The predicted molar refractivity (Wildman–Crippen MR) is 114 cm³/mol. The van der Waals surface area contributed by atoms with Crippen molar-refractivity contribution in [1.29, 1.82) is 5.26 Å². The lowest BCUT2D eigenvalue weighted by atomic mass is 10.1. The predicted octanol–water partition coefficient (Wildman–Crippen LogP) is 4.93. The molecule has 0 unspecified atom stereocenters. The van der Waals surface area contributed by atoms with Crippen molar-refractivity contribution in [3.05, 3.63) is 70.0 Å². The third kappa shape index (κ3) is 4.31. The number of carbonyl (C=O) groups excluding carboxylic acids is 1. The first kappa shape index (κ1) is 20.2. The summed E-state index contributed by atoms with van der Waals surface area (Å²) >= 11 is 6.11. The maximum Gasteiger partial charge on any atom is 0.224 e. The minimum Gasteiger partial charge on any atom is -0.504 e. The molecule has 7 heteroatoms. The van der Waals surface area contributed by atoms with Crippen LogP contribution in [-0.4, -0.2) is 20.8 Å². The second-order valence-electron chi connectivity index (χ2n) is 6.34. The third-order valence-electron chi connectivity index (χ3n) is 4.32. The number of benzene rings is 2. The van der Waals surface area contributed by atoms with Gasteiger partial charge in [0.05, 0.1) is 27.8 Å². The number of phenols is 1.